The normalized spacial score (nSPS) is 10.3. The van der Waals surface area contributed by atoms with Crippen LogP contribution in [0.3, 0.4) is 0 Å². The summed E-state index contributed by atoms with van der Waals surface area (Å²) in [5, 5.41) is 3.32. The van der Waals surface area contributed by atoms with Gasteiger partial charge in [-0.2, -0.15) is 0 Å². The van der Waals surface area contributed by atoms with Crippen LogP contribution in [0.4, 0.5) is 5.69 Å². The van der Waals surface area contributed by atoms with E-state index in [9.17, 15) is 4.79 Å². The van der Waals surface area contributed by atoms with E-state index in [2.05, 4.69) is 25.2 Å². The fourth-order valence-electron chi connectivity index (χ4n) is 2.67. The molecule has 0 heterocycles. The standard InChI is InChI=1S/C20H25NO3/c1-14-11-15(2)13-17(12-14)24-10-6-9-21-19-16(3)7-5-8-18(19)20(22)23-4/h5,7-8,11-13,21H,6,9-10H2,1-4H3. The summed E-state index contributed by atoms with van der Waals surface area (Å²) in [6, 6.07) is 11.8. The number of hydrogen-bond acceptors (Lipinski definition) is 4. The molecule has 4 heteroatoms. The lowest BCUT2D eigenvalue weighted by Gasteiger charge is -2.14. The highest BCUT2D eigenvalue weighted by atomic mass is 16.5. The van der Waals surface area contributed by atoms with Crippen molar-refractivity contribution in [3.63, 3.8) is 0 Å². The lowest BCUT2D eigenvalue weighted by Crippen LogP contribution is -2.12. The minimum Gasteiger partial charge on any atom is -0.494 e. The molecule has 0 saturated carbocycles. The van der Waals surface area contributed by atoms with Crippen LogP contribution in [0.5, 0.6) is 5.75 Å². The Morgan fingerprint density at radius 3 is 2.46 bits per heavy atom. The predicted molar refractivity (Wildman–Crippen MR) is 97.0 cm³/mol. The Kier molecular flexibility index (Phi) is 6.24. The Balaban J connectivity index is 1.87. The van der Waals surface area contributed by atoms with Crippen molar-refractivity contribution in [1.29, 1.82) is 0 Å². The number of carbonyl (C=O) groups excluding carboxylic acids is 1. The summed E-state index contributed by atoms with van der Waals surface area (Å²) in [6.45, 7) is 7.44. The van der Waals surface area contributed by atoms with Crippen molar-refractivity contribution in [2.45, 2.75) is 27.2 Å². The molecule has 0 radical (unpaired) electrons. The molecule has 0 bridgehead atoms. The summed E-state index contributed by atoms with van der Waals surface area (Å²) >= 11 is 0. The second-order valence-corrected chi connectivity index (χ2v) is 5.94. The Bertz CT molecular complexity index is 690. The second kappa shape index (κ2) is 8.39. The molecule has 4 nitrogen and oxygen atoms in total. The number of rotatable bonds is 7. The number of aryl methyl sites for hydroxylation is 3. The van der Waals surface area contributed by atoms with Crippen molar-refractivity contribution in [3.8, 4) is 5.75 Å². The van der Waals surface area contributed by atoms with E-state index in [1.54, 1.807) is 6.07 Å². The van der Waals surface area contributed by atoms with E-state index in [1.165, 1.54) is 18.2 Å². The number of carbonyl (C=O) groups is 1. The van der Waals surface area contributed by atoms with Crippen LogP contribution in [-0.2, 0) is 4.74 Å². The third-order valence-corrected chi connectivity index (χ3v) is 3.76. The number of hydrogen-bond donors (Lipinski definition) is 1. The van der Waals surface area contributed by atoms with Gasteiger partial charge in [0.25, 0.3) is 0 Å². The number of benzene rings is 2. The van der Waals surface area contributed by atoms with Gasteiger partial charge in [0.1, 0.15) is 5.75 Å². The molecule has 0 fully saturated rings. The van der Waals surface area contributed by atoms with E-state index in [-0.39, 0.29) is 5.97 Å². The monoisotopic (exact) mass is 327 g/mol. The minimum absolute atomic E-state index is 0.326. The molecular weight excluding hydrogens is 302 g/mol. The van der Waals surface area contributed by atoms with Crippen LogP contribution in [0, 0.1) is 20.8 Å². The molecule has 0 atom stereocenters. The first-order valence-corrected chi connectivity index (χ1v) is 8.14. The summed E-state index contributed by atoms with van der Waals surface area (Å²) < 4.78 is 10.6. The third kappa shape index (κ3) is 4.75. The molecule has 128 valence electrons. The molecule has 0 aliphatic carbocycles. The SMILES string of the molecule is COC(=O)c1cccc(C)c1NCCCOc1cc(C)cc(C)c1. The summed E-state index contributed by atoms with van der Waals surface area (Å²) in [5.74, 6) is 0.575. The van der Waals surface area contributed by atoms with E-state index in [0.717, 1.165) is 30.0 Å². The highest BCUT2D eigenvalue weighted by Crippen LogP contribution is 2.21. The molecule has 0 unspecified atom stereocenters. The number of para-hydroxylation sites is 1. The maximum absolute atomic E-state index is 11.8. The van der Waals surface area contributed by atoms with Crippen molar-refractivity contribution in [3.05, 3.63) is 58.7 Å². The Morgan fingerprint density at radius 1 is 1.08 bits per heavy atom. The van der Waals surface area contributed by atoms with Gasteiger partial charge in [-0.1, -0.05) is 18.2 Å². The second-order valence-electron chi connectivity index (χ2n) is 5.94. The van der Waals surface area contributed by atoms with Gasteiger partial charge in [-0.3, -0.25) is 0 Å². The van der Waals surface area contributed by atoms with Crippen molar-refractivity contribution >= 4 is 11.7 Å². The fraction of sp³-hybridized carbons (Fsp3) is 0.350. The average Bonchev–Trinajstić information content (AvgIpc) is 2.54. The molecule has 0 amide bonds. The van der Waals surface area contributed by atoms with Gasteiger partial charge in [-0.05, 0) is 62.1 Å². The Labute approximate surface area is 143 Å². The lowest BCUT2D eigenvalue weighted by molar-refractivity contribution is 0.0601. The van der Waals surface area contributed by atoms with Gasteiger partial charge in [-0.25, -0.2) is 4.79 Å². The van der Waals surface area contributed by atoms with Crippen LogP contribution in [0.25, 0.3) is 0 Å². The molecule has 2 rings (SSSR count). The molecular formula is C20H25NO3. The Hall–Kier alpha value is -2.49. The maximum Gasteiger partial charge on any atom is 0.339 e. The van der Waals surface area contributed by atoms with E-state index in [1.807, 2.05) is 31.2 Å². The molecule has 0 aliphatic rings. The van der Waals surface area contributed by atoms with Crippen molar-refractivity contribution in [2.24, 2.45) is 0 Å². The van der Waals surface area contributed by atoms with E-state index in [4.69, 9.17) is 9.47 Å². The Morgan fingerprint density at radius 2 is 1.79 bits per heavy atom. The number of esters is 1. The summed E-state index contributed by atoms with van der Waals surface area (Å²) in [7, 11) is 1.39. The van der Waals surface area contributed by atoms with Crippen molar-refractivity contribution < 1.29 is 14.3 Å². The van der Waals surface area contributed by atoms with Crippen LogP contribution in [0.1, 0.15) is 33.5 Å². The van der Waals surface area contributed by atoms with Gasteiger partial charge in [-0.15, -0.1) is 0 Å². The first kappa shape index (κ1) is 17.9. The topological polar surface area (TPSA) is 47.6 Å². The molecule has 2 aromatic rings. The number of anilines is 1. The van der Waals surface area contributed by atoms with E-state index >= 15 is 0 Å². The van der Waals surface area contributed by atoms with Crippen LogP contribution in [0.2, 0.25) is 0 Å². The molecule has 2 aromatic carbocycles. The summed E-state index contributed by atoms with van der Waals surface area (Å²) in [5.41, 5.74) is 4.81. The third-order valence-electron chi connectivity index (χ3n) is 3.76. The van der Waals surface area contributed by atoms with Gasteiger partial charge in [0, 0.05) is 6.54 Å². The first-order chi connectivity index (χ1) is 11.5. The molecule has 1 N–H and O–H groups in total. The maximum atomic E-state index is 11.8. The van der Waals surface area contributed by atoms with E-state index in [0.29, 0.717) is 12.2 Å². The number of ether oxygens (including phenoxy) is 2. The average molecular weight is 327 g/mol. The molecule has 0 spiro atoms. The first-order valence-electron chi connectivity index (χ1n) is 8.14. The van der Waals surface area contributed by atoms with Crippen molar-refractivity contribution in [2.75, 3.05) is 25.6 Å². The number of nitrogens with one attached hydrogen (secondary N) is 1. The summed E-state index contributed by atoms with van der Waals surface area (Å²) in [4.78, 5) is 11.8. The van der Waals surface area contributed by atoms with Crippen LogP contribution < -0.4 is 10.1 Å². The van der Waals surface area contributed by atoms with Gasteiger partial charge in [0.15, 0.2) is 0 Å². The molecule has 0 aliphatic heterocycles. The molecule has 0 aromatic heterocycles. The van der Waals surface area contributed by atoms with Gasteiger partial charge in [0.2, 0.25) is 0 Å². The van der Waals surface area contributed by atoms with Crippen LogP contribution >= 0.6 is 0 Å². The zero-order chi connectivity index (χ0) is 17.5. The lowest BCUT2D eigenvalue weighted by atomic mass is 10.1. The van der Waals surface area contributed by atoms with Gasteiger partial charge in [0.05, 0.1) is 25.0 Å². The number of methoxy groups -OCH3 is 1. The van der Waals surface area contributed by atoms with Crippen LogP contribution in [0.15, 0.2) is 36.4 Å². The molecule has 0 saturated heterocycles. The van der Waals surface area contributed by atoms with E-state index < -0.39 is 0 Å². The fourth-order valence-corrected chi connectivity index (χ4v) is 2.67. The zero-order valence-electron chi connectivity index (χ0n) is 14.8. The molecule has 24 heavy (non-hydrogen) atoms. The predicted octanol–water partition coefficient (Wildman–Crippen LogP) is 4.28. The largest absolute Gasteiger partial charge is 0.494 e. The van der Waals surface area contributed by atoms with Gasteiger partial charge >= 0.3 is 5.97 Å². The van der Waals surface area contributed by atoms with Gasteiger partial charge < -0.3 is 14.8 Å². The summed E-state index contributed by atoms with van der Waals surface area (Å²) in [6.07, 6.45) is 0.835. The highest BCUT2D eigenvalue weighted by Gasteiger charge is 2.12. The highest BCUT2D eigenvalue weighted by molar-refractivity contribution is 5.96. The van der Waals surface area contributed by atoms with Crippen LogP contribution in [-0.4, -0.2) is 26.2 Å². The minimum atomic E-state index is -0.326. The smallest absolute Gasteiger partial charge is 0.339 e. The van der Waals surface area contributed by atoms with Crippen molar-refractivity contribution in [1.82, 2.24) is 0 Å². The zero-order valence-corrected chi connectivity index (χ0v) is 14.8. The quantitative estimate of drug-likeness (QED) is 0.609.